The third-order valence-electron chi connectivity index (χ3n) is 5.23. The lowest BCUT2D eigenvalue weighted by molar-refractivity contribution is -0.134. The molecule has 29 heavy (non-hydrogen) atoms. The number of rotatable bonds is 8. The molecule has 1 fully saturated rings. The van der Waals surface area contributed by atoms with Gasteiger partial charge in [0.1, 0.15) is 12.1 Å². The summed E-state index contributed by atoms with van der Waals surface area (Å²) in [5, 5.41) is 5.60. The SMILES string of the molecule is CC(C)CC[C@H](C)NC(=O)CN1C(=O)N[C@@](C)(Cc2ccc3c(c2)OCO3)C1=O. The lowest BCUT2D eigenvalue weighted by atomic mass is 9.92. The molecule has 0 bridgehead atoms. The number of amides is 4. The van der Waals surface area contributed by atoms with Gasteiger partial charge in [0.2, 0.25) is 12.7 Å². The van der Waals surface area contributed by atoms with Gasteiger partial charge >= 0.3 is 6.03 Å². The van der Waals surface area contributed by atoms with Crippen molar-refractivity contribution in [3.05, 3.63) is 23.8 Å². The highest BCUT2D eigenvalue weighted by Gasteiger charge is 2.48. The van der Waals surface area contributed by atoms with Crippen LogP contribution in [-0.4, -0.2) is 47.7 Å². The Morgan fingerprint density at radius 2 is 1.93 bits per heavy atom. The molecule has 2 N–H and O–H groups in total. The van der Waals surface area contributed by atoms with E-state index in [1.165, 1.54) is 0 Å². The van der Waals surface area contributed by atoms with E-state index in [9.17, 15) is 14.4 Å². The van der Waals surface area contributed by atoms with Crippen LogP contribution in [0.1, 0.15) is 46.1 Å². The maximum Gasteiger partial charge on any atom is 0.325 e. The molecule has 0 radical (unpaired) electrons. The Labute approximate surface area is 170 Å². The number of urea groups is 1. The first-order valence-corrected chi connectivity index (χ1v) is 10.00. The molecular weight excluding hydrogens is 374 g/mol. The lowest BCUT2D eigenvalue weighted by Gasteiger charge is -2.22. The quantitative estimate of drug-likeness (QED) is 0.649. The number of nitrogens with one attached hydrogen (secondary N) is 2. The number of hydrogen-bond acceptors (Lipinski definition) is 5. The number of hydrogen-bond donors (Lipinski definition) is 2. The summed E-state index contributed by atoms with van der Waals surface area (Å²) in [6.45, 7) is 7.74. The Kier molecular flexibility index (Phi) is 6.00. The highest BCUT2D eigenvalue weighted by Crippen LogP contribution is 2.34. The van der Waals surface area contributed by atoms with E-state index in [2.05, 4.69) is 24.5 Å². The highest BCUT2D eigenvalue weighted by atomic mass is 16.7. The third kappa shape index (κ3) is 4.81. The van der Waals surface area contributed by atoms with Crippen LogP contribution in [0.3, 0.4) is 0 Å². The molecule has 0 aliphatic carbocycles. The summed E-state index contributed by atoms with van der Waals surface area (Å²) in [4.78, 5) is 38.6. The monoisotopic (exact) mass is 403 g/mol. The van der Waals surface area contributed by atoms with Crippen molar-refractivity contribution in [2.75, 3.05) is 13.3 Å². The number of fused-ring (bicyclic) bond motifs is 1. The van der Waals surface area contributed by atoms with Crippen molar-refractivity contribution >= 4 is 17.8 Å². The van der Waals surface area contributed by atoms with E-state index in [1.54, 1.807) is 19.1 Å². The third-order valence-corrected chi connectivity index (χ3v) is 5.23. The highest BCUT2D eigenvalue weighted by molar-refractivity contribution is 6.08. The van der Waals surface area contributed by atoms with Crippen molar-refractivity contribution in [2.24, 2.45) is 5.92 Å². The van der Waals surface area contributed by atoms with Crippen LogP contribution in [0, 0.1) is 5.92 Å². The molecule has 2 aliphatic heterocycles. The molecule has 1 aromatic rings. The van der Waals surface area contributed by atoms with Crippen LogP contribution in [-0.2, 0) is 16.0 Å². The molecule has 0 unspecified atom stereocenters. The van der Waals surface area contributed by atoms with Crippen LogP contribution in [0.15, 0.2) is 18.2 Å². The van der Waals surface area contributed by atoms with Gasteiger partial charge in [-0.25, -0.2) is 4.79 Å². The summed E-state index contributed by atoms with van der Waals surface area (Å²) in [5.41, 5.74) is -0.284. The summed E-state index contributed by atoms with van der Waals surface area (Å²) in [6.07, 6.45) is 2.14. The molecule has 8 heteroatoms. The summed E-state index contributed by atoms with van der Waals surface area (Å²) < 4.78 is 10.7. The number of carbonyl (C=O) groups is 3. The van der Waals surface area contributed by atoms with Crippen LogP contribution in [0.25, 0.3) is 0 Å². The number of nitrogens with zero attached hydrogens (tertiary/aromatic N) is 1. The second-order valence-corrected chi connectivity index (χ2v) is 8.46. The van der Waals surface area contributed by atoms with Crippen LogP contribution in [0.5, 0.6) is 11.5 Å². The van der Waals surface area contributed by atoms with Gasteiger partial charge in [-0.05, 0) is 50.3 Å². The Morgan fingerprint density at radius 1 is 1.21 bits per heavy atom. The molecule has 0 spiro atoms. The van der Waals surface area contributed by atoms with Crippen molar-refractivity contribution in [2.45, 2.75) is 58.5 Å². The van der Waals surface area contributed by atoms with E-state index in [-0.39, 0.29) is 31.7 Å². The van der Waals surface area contributed by atoms with E-state index in [0.29, 0.717) is 17.4 Å². The Balaban J connectivity index is 1.60. The van der Waals surface area contributed by atoms with Gasteiger partial charge in [0.15, 0.2) is 11.5 Å². The van der Waals surface area contributed by atoms with E-state index in [4.69, 9.17) is 9.47 Å². The van der Waals surface area contributed by atoms with E-state index >= 15 is 0 Å². The van der Waals surface area contributed by atoms with E-state index < -0.39 is 17.5 Å². The average molecular weight is 403 g/mol. The zero-order chi connectivity index (χ0) is 21.2. The molecule has 2 heterocycles. The predicted molar refractivity (Wildman–Crippen MR) is 107 cm³/mol. The van der Waals surface area contributed by atoms with Gasteiger partial charge in [0, 0.05) is 12.5 Å². The van der Waals surface area contributed by atoms with E-state index in [0.717, 1.165) is 23.3 Å². The molecule has 158 valence electrons. The number of imide groups is 1. The largest absolute Gasteiger partial charge is 0.454 e. The summed E-state index contributed by atoms with van der Waals surface area (Å²) >= 11 is 0. The maximum absolute atomic E-state index is 12.9. The van der Waals surface area contributed by atoms with Gasteiger partial charge < -0.3 is 20.1 Å². The van der Waals surface area contributed by atoms with Crippen molar-refractivity contribution in [3.8, 4) is 11.5 Å². The normalized spacial score (nSPS) is 21.5. The second-order valence-electron chi connectivity index (χ2n) is 8.46. The van der Waals surface area contributed by atoms with Gasteiger partial charge in [0.25, 0.3) is 5.91 Å². The number of carbonyl (C=O) groups excluding carboxylic acids is 3. The minimum absolute atomic E-state index is 0.00863. The Hall–Kier alpha value is -2.77. The van der Waals surface area contributed by atoms with Crippen LogP contribution in [0.2, 0.25) is 0 Å². The zero-order valence-corrected chi connectivity index (χ0v) is 17.4. The molecule has 1 aromatic carbocycles. The smallest absolute Gasteiger partial charge is 0.325 e. The average Bonchev–Trinajstić information content (AvgIpc) is 3.18. The second kappa shape index (κ2) is 8.31. The molecule has 0 aromatic heterocycles. The molecule has 1 saturated heterocycles. The van der Waals surface area contributed by atoms with Gasteiger partial charge in [-0.1, -0.05) is 19.9 Å². The van der Waals surface area contributed by atoms with Gasteiger partial charge in [0.05, 0.1) is 0 Å². The van der Waals surface area contributed by atoms with Gasteiger partial charge in [-0.3, -0.25) is 14.5 Å². The summed E-state index contributed by atoms with van der Waals surface area (Å²) in [5.74, 6) is 1.08. The minimum Gasteiger partial charge on any atom is -0.454 e. The van der Waals surface area contributed by atoms with E-state index in [1.807, 2.05) is 13.0 Å². The summed E-state index contributed by atoms with van der Waals surface area (Å²) in [7, 11) is 0. The number of benzene rings is 1. The zero-order valence-electron chi connectivity index (χ0n) is 17.4. The van der Waals surface area contributed by atoms with Crippen molar-refractivity contribution in [3.63, 3.8) is 0 Å². The van der Waals surface area contributed by atoms with Crippen LogP contribution in [0.4, 0.5) is 4.79 Å². The van der Waals surface area contributed by atoms with Crippen molar-refractivity contribution < 1.29 is 23.9 Å². The molecule has 4 amide bonds. The summed E-state index contributed by atoms with van der Waals surface area (Å²) in [6, 6.07) is 4.86. The van der Waals surface area contributed by atoms with Crippen molar-refractivity contribution in [1.82, 2.24) is 15.5 Å². The molecule has 8 nitrogen and oxygen atoms in total. The first-order chi connectivity index (χ1) is 13.7. The van der Waals surface area contributed by atoms with Crippen LogP contribution >= 0.6 is 0 Å². The first kappa shape index (κ1) is 21.0. The van der Waals surface area contributed by atoms with Crippen LogP contribution < -0.4 is 20.1 Å². The standard InChI is InChI=1S/C21H29N3O5/c1-13(2)5-6-14(3)22-18(25)11-24-19(26)21(4,23-20(24)27)10-15-7-8-16-17(9-15)29-12-28-16/h7-9,13-14H,5-6,10-12H2,1-4H3,(H,22,25)(H,23,27)/t14-,21-/m0/s1. The van der Waals surface area contributed by atoms with Gasteiger partial charge in [-0.15, -0.1) is 0 Å². The Morgan fingerprint density at radius 3 is 2.66 bits per heavy atom. The fraction of sp³-hybridized carbons (Fsp3) is 0.571. The predicted octanol–water partition coefficient (Wildman–Crippen LogP) is 2.21. The topological polar surface area (TPSA) is 97.0 Å². The molecule has 0 saturated carbocycles. The molecular formula is C21H29N3O5. The molecule has 2 aliphatic rings. The first-order valence-electron chi connectivity index (χ1n) is 10.00. The maximum atomic E-state index is 12.9. The minimum atomic E-state index is -1.12. The molecule has 2 atom stereocenters. The number of ether oxygens (including phenoxy) is 2. The lowest BCUT2D eigenvalue weighted by Crippen LogP contribution is -2.47. The van der Waals surface area contributed by atoms with Gasteiger partial charge in [-0.2, -0.15) is 0 Å². The van der Waals surface area contributed by atoms with Crippen molar-refractivity contribution in [1.29, 1.82) is 0 Å². The molecule has 3 rings (SSSR count). The fourth-order valence-corrected chi connectivity index (χ4v) is 3.59. The Bertz CT molecular complexity index is 810. The fourth-order valence-electron chi connectivity index (χ4n) is 3.59.